The van der Waals surface area contributed by atoms with E-state index in [4.69, 9.17) is 0 Å². The largest absolute Gasteiger partial charge is 0.261 e. The van der Waals surface area contributed by atoms with Crippen LogP contribution >= 0.6 is 0 Å². The number of anilines is 1. The van der Waals surface area contributed by atoms with Crippen LogP contribution in [0.15, 0.2) is 84.2 Å². The van der Waals surface area contributed by atoms with Gasteiger partial charge in [-0.05, 0) is 24.3 Å². The number of hydrogen-bond donors (Lipinski definition) is 1. The minimum atomic E-state index is 0.696. The van der Waals surface area contributed by atoms with E-state index in [1.54, 1.807) is 12.4 Å². The number of pyridine rings is 2. The number of rotatable bonds is 4. The molecule has 0 unspecified atom stereocenters. The molecule has 1 N–H and O–H groups in total. The highest BCUT2D eigenvalue weighted by Gasteiger charge is 2.07. The van der Waals surface area contributed by atoms with Crippen LogP contribution in [0.5, 0.6) is 0 Å². The average molecular weight is 274 g/mol. The molecule has 2 heterocycles. The molecule has 4 nitrogen and oxygen atoms in total. The van der Waals surface area contributed by atoms with Crippen molar-refractivity contribution in [2.45, 2.75) is 0 Å². The maximum absolute atomic E-state index is 4.48. The third-order valence-corrected chi connectivity index (χ3v) is 2.90. The highest BCUT2D eigenvalue weighted by Crippen LogP contribution is 2.10. The lowest BCUT2D eigenvalue weighted by atomic mass is 10.1. The number of benzene rings is 1. The highest BCUT2D eigenvalue weighted by molar-refractivity contribution is 6.11. The van der Waals surface area contributed by atoms with E-state index in [0.717, 1.165) is 17.0 Å². The molecule has 0 aliphatic carbocycles. The molecule has 0 spiro atoms. The second-order valence-electron chi connectivity index (χ2n) is 4.37. The van der Waals surface area contributed by atoms with Gasteiger partial charge in [-0.15, -0.1) is 0 Å². The number of hydrogen-bond acceptors (Lipinski definition) is 4. The summed E-state index contributed by atoms with van der Waals surface area (Å²) in [4.78, 5) is 8.58. The van der Waals surface area contributed by atoms with Crippen LogP contribution in [0.3, 0.4) is 0 Å². The maximum atomic E-state index is 4.48. The molecule has 0 saturated carbocycles. The summed E-state index contributed by atoms with van der Waals surface area (Å²) in [6, 6.07) is 21.4. The molecule has 0 fully saturated rings. The van der Waals surface area contributed by atoms with Crippen molar-refractivity contribution in [1.29, 1.82) is 0 Å². The summed E-state index contributed by atoms with van der Waals surface area (Å²) in [6.45, 7) is 0. The van der Waals surface area contributed by atoms with Crippen LogP contribution in [0.2, 0.25) is 0 Å². The number of nitrogens with one attached hydrogen (secondary N) is 1. The molecule has 102 valence electrons. The lowest BCUT2D eigenvalue weighted by Crippen LogP contribution is -2.08. The first-order chi connectivity index (χ1) is 10.4. The van der Waals surface area contributed by atoms with Gasteiger partial charge in [-0.2, -0.15) is 5.10 Å². The molecule has 0 aliphatic heterocycles. The van der Waals surface area contributed by atoms with E-state index in [0.29, 0.717) is 5.82 Å². The summed E-state index contributed by atoms with van der Waals surface area (Å²) >= 11 is 0. The lowest BCUT2D eigenvalue weighted by Gasteiger charge is -2.07. The summed E-state index contributed by atoms with van der Waals surface area (Å²) in [7, 11) is 0. The predicted molar refractivity (Wildman–Crippen MR) is 84.2 cm³/mol. The van der Waals surface area contributed by atoms with Crippen molar-refractivity contribution in [2.24, 2.45) is 5.10 Å². The minimum absolute atomic E-state index is 0.696. The van der Waals surface area contributed by atoms with Crippen molar-refractivity contribution in [2.75, 3.05) is 5.43 Å². The van der Waals surface area contributed by atoms with Crippen LogP contribution in [-0.4, -0.2) is 15.7 Å². The number of aromatic nitrogens is 2. The van der Waals surface area contributed by atoms with Crippen LogP contribution in [-0.2, 0) is 0 Å². The van der Waals surface area contributed by atoms with Gasteiger partial charge >= 0.3 is 0 Å². The smallest absolute Gasteiger partial charge is 0.146 e. The highest BCUT2D eigenvalue weighted by atomic mass is 15.3. The fraction of sp³-hybridized carbons (Fsp3) is 0. The lowest BCUT2D eigenvalue weighted by molar-refractivity contribution is 1.21. The normalized spacial score (nSPS) is 11.1. The van der Waals surface area contributed by atoms with Gasteiger partial charge in [-0.3, -0.25) is 10.4 Å². The Balaban J connectivity index is 1.97. The maximum Gasteiger partial charge on any atom is 0.146 e. The van der Waals surface area contributed by atoms with Crippen LogP contribution in [0, 0.1) is 0 Å². The van der Waals surface area contributed by atoms with Crippen LogP contribution in [0.4, 0.5) is 5.82 Å². The summed E-state index contributed by atoms with van der Waals surface area (Å²) in [5.74, 6) is 0.696. The molecular weight excluding hydrogens is 260 g/mol. The molecule has 0 atom stereocenters. The zero-order chi connectivity index (χ0) is 14.3. The molecule has 0 amide bonds. The fourth-order valence-corrected chi connectivity index (χ4v) is 1.91. The first kappa shape index (κ1) is 13.0. The zero-order valence-corrected chi connectivity index (χ0v) is 11.3. The van der Waals surface area contributed by atoms with Gasteiger partial charge in [-0.25, -0.2) is 4.98 Å². The molecule has 3 aromatic rings. The molecule has 0 aliphatic rings. The van der Waals surface area contributed by atoms with Crippen LogP contribution in [0.1, 0.15) is 11.3 Å². The molecule has 0 saturated heterocycles. The summed E-state index contributed by atoms with van der Waals surface area (Å²) in [6.07, 6.45) is 3.48. The van der Waals surface area contributed by atoms with Crippen molar-refractivity contribution < 1.29 is 0 Å². The predicted octanol–water partition coefficient (Wildman–Crippen LogP) is 3.34. The topological polar surface area (TPSA) is 50.2 Å². The van der Waals surface area contributed by atoms with Crippen molar-refractivity contribution in [1.82, 2.24) is 9.97 Å². The average Bonchev–Trinajstić information content (AvgIpc) is 2.58. The Morgan fingerprint density at radius 3 is 2.14 bits per heavy atom. The molecular formula is C17H14N4. The summed E-state index contributed by atoms with van der Waals surface area (Å²) in [5.41, 5.74) is 5.57. The molecule has 2 aromatic heterocycles. The van der Waals surface area contributed by atoms with Crippen molar-refractivity contribution in [3.8, 4) is 0 Å². The monoisotopic (exact) mass is 274 g/mol. The third-order valence-electron chi connectivity index (χ3n) is 2.90. The van der Waals surface area contributed by atoms with Gasteiger partial charge in [-0.1, -0.05) is 42.5 Å². The van der Waals surface area contributed by atoms with Gasteiger partial charge in [0.2, 0.25) is 0 Å². The van der Waals surface area contributed by atoms with Crippen molar-refractivity contribution in [3.05, 3.63) is 90.4 Å². The van der Waals surface area contributed by atoms with Crippen molar-refractivity contribution in [3.63, 3.8) is 0 Å². The fourth-order valence-electron chi connectivity index (χ4n) is 1.91. The molecule has 1 aromatic carbocycles. The molecule has 21 heavy (non-hydrogen) atoms. The van der Waals surface area contributed by atoms with Crippen molar-refractivity contribution >= 4 is 11.5 Å². The first-order valence-corrected chi connectivity index (χ1v) is 6.65. The number of nitrogens with zero attached hydrogens (tertiary/aromatic N) is 3. The van der Waals surface area contributed by atoms with E-state index in [1.807, 2.05) is 66.7 Å². The second kappa shape index (κ2) is 6.43. The third kappa shape index (κ3) is 3.30. The molecule has 4 heteroatoms. The SMILES string of the molecule is c1ccc(/C(=N\Nc2ccccn2)c2ccccn2)cc1. The van der Waals surface area contributed by atoms with E-state index in [1.165, 1.54) is 0 Å². The molecule has 0 radical (unpaired) electrons. The Labute approximate surface area is 123 Å². The quantitative estimate of drug-likeness (QED) is 0.586. The molecule has 3 rings (SSSR count). The van der Waals surface area contributed by atoms with Gasteiger partial charge in [0.15, 0.2) is 0 Å². The Morgan fingerprint density at radius 1 is 0.762 bits per heavy atom. The Bertz CT molecular complexity index is 668. The standard InChI is InChI=1S/C17H14N4/c1-2-8-14(9-3-1)17(15-10-4-6-12-18-15)21-20-16-11-5-7-13-19-16/h1-13H,(H,19,20)/b21-17+. The first-order valence-electron chi connectivity index (χ1n) is 6.65. The van der Waals surface area contributed by atoms with Crippen LogP contribution in [0.25, 0.3) is 0 Å². The summed E-state index contributed by atoms with van der Waals surface area (Å²) in [5, 5.41) is 4.48. The van der Waals surface area contributed by atoms with Gasteiger partial charge < -0.3 is 0 Å². The van der Waals surface area contributed by atoms with E-state index < -0.39 is 0 Å². The zero-order valence-electron chi connectivity index (χ0n) is 11.3. The second-order valence-corrected chi connectivity index (χ2v) is 4.37. The van der Waals surface area contributed by atoms with Gasteiger partial charge in [0.1, 0.15) is 11.5 Å². The van der Waals surface area contributed by atoms with E-state index >= 15 is 0 Å². The molecule has 0 bridgehead atoms. The minimum Gasteiger partial charge on any atom is -0.261 e. The van der Waals surface area contributed by atoms with E-state index in [-0.39, 0.29) is 0 Å². The Kier molecular flexibility index (Phi) is 3.98. The Hall–Kier alpha value is -3.01. The Morgan fingerprint density at radius 2 is 1.48 bits per heavy atom. The van der Waals surface area contributed by atoms with E-state index in [2.05, 4.69) is 20.5 Å². The summed E-state index contributed by atoms with van der Waals surface area (Å²) < 4.78 is 0. The van der Waals surface area contributed by atoms with E-state index in [9.17, 15) is 0 Å². The van der Waals surface area contributed by atoms with Gasteiger partial charge in [0, 0.05) is 18.0 Å². The van der Waals surface area contributed by atoms with Crippen LogP contribution < -0.4 is 5.43 Å². The number of hydrazone groups is 1. The van der Waals surface area contributed by atoms with Gasteiger partial charge in [0.25, 0.3) is 0 Å². The van der Waals surface area contributed by atoms with Gasteiger partial charge in [0.05, 0.1) is 5.69 Å².